The van der Waals surface area contributed by atoms with Gasteiger partial charge in [0, 0.05) is 17.5 Å². The number of amides is 1. The quantitative estimate of drug-likeness (QED) is 0.595. The van der Waals surface area contributed by atoms with Gasteiger partial charge in [0.25, 0.3) is 0 Å². The lowest BCUT2D eigenvalue weighted by Gasteiger charge is -2.09. The summed E-state index contributed by atoms with van der Waals surface area (Å²) >= 11 is 0. The van der Waals surface area contributed by atoms with Gasteiger partial charge in [0.15, 0.2) is 0 Å². The van der Waals surface area contributed by atoms with E-state index in [1.54, 1.807) is 30.3 Å². The summed E-state index contributed by atoms with van der Waals surface area (Å²) in [5.74, 6) is 1.57. The van der Waals surface area contributed by atoms with Crippen molar-refractivity contribution in [1.82, 2.24) is 9.97 Å². The van der Waals surface area contributed by atoms with Crippen LogP contribution in [0.4, 0.5) is 11.5 Å². The van der Waals surface area contributed by atoms with Crippen molar-refractivity contribution in [3.63, 3.8) is 0 Å². The van der Waals surface area contributed by atoms with Crippen LogP contribution >= 0.6 is 0 Å². The van der Waals surface area contributed by atoms with Crippen LogP contribution in [0.25, 0.3) is 0 Å². The number of aromatic nitrogens is 2. The number of carbonyl (C=O) groups excluding carboxylic acids is 1. The highest BCUT2D eigenvalue weighted by molar-refractivity contribution is 5.92. The van der Waals surface area contributed by atoms with Gasteiger partial charge in [0.2, 0.25) is 11.8 Å². The van der Waals surface area contributed by atoms with E-state index in [1.807, 2.05) is 32.0 Å². The van der Waals surface area contributed by atoms with Crippen LogP contribution in [0, 0.1) is 13.8 Å². The monoisotopic (exact) mass is 388 g/mol. The lowest BCUT2D eigenvalue weighted by Crippen LogP contribution is -2.14. The Bertz CT molecular complexity index is 1030. The van der Waals surface area contributed by atoms with Gasteiger partial charge < -0.3 is 15.4 Å². The van der Waals surface area contributed by atoms with Gasteiger partial charge in [0.05, 0.1) is 6.42 Å². The zero-order valence-corrected chi connectivity index (χ0v) is 16.8. The van der Waals surface area contributed by atoms with Gasteiger partial charge in [-0.2, -0.15) is 0 Å². The van der Waals surface area contributed by atoms with E-state index in [2.05, 4.69) is 34.1 Å². The standard InChI is InChI=1S/C23H24N4O2/c1-15(2)26-21-13-23(25-14-24-21)29-20-9-7-19(8-10-20)27-22(28)12-18-6-5-16(3)17(4)11-18/h5-11,13-14H,1,12H2,2-4H3,(H,27,28)(H,24,25,26). The third kappa shape index (κ3) is 5.90. The molecule has 0 unspecified atom stereocenters. The Morgan fingerprint density at radius 3 is 2.45 bits per heavy atom. The molecule has 0 atom stereocenters. The first-order valence-electron chi connectivity index (χ1n) is 9.27. The van der Waals surface area contributed by atoms with E-state index in [4.69, 9.17) is 4.74 Å². The highest BCUT2D eigenvalue weighted by atomic mass is 16.5. The Kier molecular flexibility index (Phi) is 6.24. The van der Waals surface area contributed by atoms with Crippen molar-refractivity contribution in [3.8, 4) is 11.6 Å². The SMILES string of the molecule is C=C(C)Nc1cc(Oc2ccc(NC(=O)Cc3ccc(C)c(C)c3)cc2)ncn1. The maximum atomic E-state index is 12.3. The van der Waals surface area contributed by atoms with Crippen molar-refractivity contribution in [1.29, 1.82) is 0 Å². The second-order valence-corrected chi connectivity index (χ2v) is 6.92. The molecule has 0 aliphatic carbocycles. The molecule has 29 heavy (non-hydrogen) atoms. The van der Waals surface area contributed by atoms with Crippen LogP contribution < -0.4 is 15.4 Å². The second-order valence-electron chi connectivity index (χ2n) is 6.92. The summed E-state index contributed by atoms with van der Waals surface area (Å²) in [6, 6.07) is 14.9. The second kappa shape index (κ2) is 9.01. The minimum absolute atomic E-state index is 0.0618. The maximum absolute atomic E-state index is 12.3. The number of hydrogen-bond donors (Lipinski definition) is 2. The van der Waals surface area contributed by atoms with Gasteiger partial charge >= 0.3 is 0 Å². The Labute approximate surface area is 170 Å². The van der Waals surface area contributed by atoms with Gasteiger partial charge in [-0.25, -0.2) is 9.97 Å². The number of hydrogen-bond acceptors (Lipinski definition) is 5. The third-order valence-electron chi connectivity index (χ3n) is 4.28. The fraction of sp³-hybridized carbons (Fsp3) is 0.174. The number of ether oxygens (including phenoxy) is 1. The molecule has 0 saturated heterocycles. The molecule has 0 saturated carbocycles. The largest absolute Gasteiger partial charge is 0.439 e. The van der Waals surface area contributed by atoms with E-state index < -0.39 is 0 Å². The fourth-order valence-corrected chi connectivity index (χ4v) is 2.71. The van der Waals surface area contributed by atoms with Gasteiger partial charge in [-0.05, 0) is 61.7 Å². The molecule has 0 spiro atoms. The molecule has 2 N–H and O–H groups in total. The minimum Gasteiger partial charge on any atom is -0.439 e. The Balaban J connectivity index is 1.59. The summed E-state index contributed by atoms with van der Waals surface area (Å²) in [6.45, 7) is 9.73. The Morgan fingerprint density at radius 2 is 1.76 bits per heavy atom. The first-order valence-corrected chi connectivity index (χ1v) is 9.27. The van der Waals surface area contributed by atoms with Gasteiger partial charge in [0.1, 0.15) is 17.9 Å². The molecule has 1 aromatic heterocycles. The number of aryl methyl sites for hydroxylation is 2. The van der Waals surface area contributed by atoms with Crippen molar-refractivity contribution < 1.29 is 9.53 Å². The van der Waals surface area contributed by atoms with Gasteiger partial charge in [-0.1, -0.05) is 24.8 Å². The summed E-state index contributed by atoms with van der Waals surface area (Å²) in [7, 11) is 0. The number of nitrogens with one attached hydrogen (secondary N) is 2. The molecule has 1 heterocycles. The highest BCUT2D eigenvalue weighted by Crippen LogP contribution is 2.23. The predicted molar refractivity (Wildman–Crippen MR) is 115 cm³/mol. The van der Waals surface area contributed by atoms with E-state index in [0.29, 0.717) is 29.6 Å². The molecule has 0 bridgehead atoms. The van der Waals surface area contributed by atoms with Crippen molar-refractivity contribution in [2.24, 2.45) is 0 Å². The van der Waals surface area contributed by atoms with Gasteiger partial charge in [-0.15, -0.1) is 0 Å². The Hall–Kier alpha value is -3.67. The van der Waals surface area contributed by atoms with Crippen LogP contribution in [-0.2, 0) is 11.2 Å². The van der Waals surface area contributed by atoms with Gasteiger partial charge in [-0.3, -0.25) is 4.79 Å². The maximum Gasteiger partial charge on any atom is 0.228 e. The Morgan fingerprint density at radius 1 is 1.00 bits per heavy atom. The third-order valence-corrected chi connectivity index (χ3v) is 4.28. The first kappa shape index (κ1) is 20.1. The number of allylic oxidation sites excluding steroid dienone is 1. The number of carbonyl (C=O) groups is 1. The molecule has 1 amide bonds. The van der Waals surface area contributed by atoms with Crippen LogP contribution in [-0.4, -0.2) is 15.9 Å². The van der Waals surface area contributed by atoms with E-state index in [-0.39, 0.29) is 5.91 Å². The highest BCUT2D eigenvalue weighted by Gasteiger charge is 2.07. The number of anilines is 2. The molecule has 148 valence electrons. The fourth-order valence-electron chi connectivity index (χ4n) is 2.71. The number of rotatable bonds is 7. The summed E-state index contributed by atoms with van der Waals surface area (Å²) in [5.41, 5.74) is 4.88. The normalized spacial score (nSPS) is 10.3. The smallest absolute Gasteiger partial charge is 0.228 e. The van der Waals surface area contributed by atoms with Crippen LogP contribution in [0.15, 0.2) is 67.1 Å². The average Bonchev–Trinajstić information content (AvgIpc) is 2.66. The molecule has 0 aliphatic rings. The van der Waals surface area contributed by atoms with Crippen molar-refractivity contribution in [2.45, 2.75) is 27.2 Å². The van der Waals surface area contributed by atoms with E-state index in [9.17, 15) is 4.79 Å². The van der Waals surface area contributed by atoms with Crippen molar-refractivity contribution >= 4 is 17.4 Å². The average molecular weight is 388 g/mol. The van der Waals surface area contributed by atoms with E-state index in [0.717, 1.165) is 11.3 Å². The molecule has 6 heteroatoms. The molecule has 0 radical (unpaired) electrons. The molecule has 2 aromatic carbocycles. The van der Waals surface area contributed by atoms with Crippen LogP contribution in [0.5, 0.6) is 11.6 Å². The topological polar surface area (TPSA) is 76.1 Å². The molecule has 3 rings (SSSR count). The predicted octanol–water partition coefficient (Wildman–Crippen LogP) is 5.01. The summed E-state index contributed by atoms with van der Waals surface area (Å²) in [5, 5.41) is 5.92. The summed E-state index contributed by atoms with van der Waals surface area (Å²) in [6.07, 6.45) is 1.75. The minimum atomic E-state index is -0.0618. The lowest BCUT2D eigenvalue weighted by molar-refractivity contribution is -0.115. The molecule has 3 aromatic rings. The zero-order valence-electron chi connectivity index (χ0n) is 16.8. The van der Waals surface area contributed by atoms with Crippen molar-refractivity contribution in [2.75, 3.05) is 10.6 Å². The summed E-state index contributed by atoms with van der Waals surface area (Å²) < 4.78 is 5.75. The molecular weight excluding hydrogens is 364 g/mol. The van der Waals surface area contributed by atoms with E-state index in [1.165, 1.54) is 17.5 Å². The zero-order chi connectivity index (χ0) is 20.8. The summed E-state index contributed by atoms with van der Waals surface area (Å²) in [4.78, 5) is 20.5. The van der Waals surface area contributed by atoms with E-state index >= 15 is 0 Å². The first-order chi connectivity index (χ1) is 13.9. The molecule has 6 nitrogen and oxygen atoms in total. The lowest BCUT2D eigenvalue weighted by atomic mass is 10.0. The number of nitrogens with zero attached hydrogens (tertiary/aromatic N) is 2. The molecule has 0 fully saturated rings. The van der Waals surface area contributed by atoms with Crippen LogP contribution in [0.1, 0.15) is 23.6 Å². The van der Waals surface area contributed by atoms with Crippen LogP contribution in [0.2, 0.25) is 0 Å². The van der Waals surface area contributed by atoms with Crippen molar-refractivity contribution in [3.05, 3.63) is 83.8 Å². The van der Waals surface area contributed by atoms with Crippen LogP contribution in [0.3, 0.4) is 0 Å². The number of benzene rings is 2. The molecular formula is C23H24N4O2. The molecule has 0 aliphatic heterocycles.